The van der Waals surface area contributed by atoms with Gasteiger partial charge in [-0.2, -0.15) is 0 Å². The molecule has 1 aliphatic rings. The first-order valence-corrected chi connectivity index (χ1v) is 9.38. The van der Waals surface area contributed by atoms with Crippen LogP contribution in [0.15, 0.2) is 59.6 Å². The minimum absolute atomic E-state index is 0.153. The van der Waals surface area contributed by atoms with Gasteiger partial charge >= 0.3 is 0 Å². The molecule has 1 aliphatic heterocycles. The molecule has 0 spiro atoms. The fourth-order valence-corrected chi connectivity index (χ4v) is 3.66. The molecular formula is C21H26ClN3O. The van der Waals surface area contributed by atoms with E-state index in [0.717, 1.165) is 42.7 Å². The van der Waals surface area contributed by atoms with Crippen LogP contribution in [0, 0.1) is 5.92 Å². The van der Waals surface area contributed by atoms with Gasteiger partial charge in [-0.1, -0.05) is 54.1 Å². The monoisotopic (exact) mass is 371 g/mol. The van der Waals surface area contributed by atoms with Crippen LogP contribution in [-0.2, 0) is 11.3 Å². The van der Waals surface area contributed by atoms with E-state index in [1.54, 1.807) is 0 Å². The molecule has 1 saturated heterocycles. The van der Waals surface area contributed by atoms with E-state index < -0.39 is 0 Å². The van der Waals surface area contributed by atoms with Gasteiger partial charge in [0.15, 0.2) is 5.96 Å². The number of guanidine groups is 1. The van der Waals surface area contributed by atoms with Crippen molar-refractivity contribution in [2.75, 3.05) is 27.2 Å². The second-order valence-corrected chi connectivity index (χ2v) is 7.10. The molecule has 0 aliphatic carbocycles. The van der Waals surface area contributed by atoms with Crippen molar-refractivity contribution >= 4 is 17.6 Å². The Morgan fingerprint density at radius 2 is 2.04 bits per heavy atom. The quantitative estimate of drug-likeness (QED) is 0.634. The fourth-order valence-electron chi connectivity index (χ4n) is 3.45. The molecule has 1 fully saturated rings. The second kappa shape index (κ2) is 9.06. The summed E-state index contributed by atoms with van der Waals surface area (Å²) in [5.41, 5.74) is 2.41. The van der Waals surface area contributed by atoms with Crippen molar-refractivity contribution < 1.29 is 4.74 Å². The van der Waals surface area contributed by atoms with E-state index in [9.17, 15) is 0 Å². The first-order valence-electron chi connectivity index (χ1n) is 9.00. The van der Waals surface area contributed by atoms with E-state index in [-0.39, 0.29) is 6.10 Å². The highest BCUT2D eigenvalue weighted by atomic mass is 35.5. The largest absolute Gasteiger partial charge is 0.373 e. The van der Waals surface area contributed by atoms with Gasteiger partial charge in [0.05, 0.1) is 6.10 Å². The molecule has 5 heteroatoms. The third-order valence-electron chi connectivity index (χ3n) is 4.75. The highest BCUT2D eigenvalue weighted by Crippen LogP contribution is 2.33. The Kier molecular flexibility index (Phi) is 6.53. The van der Waals surface area contributed by atoms with E-state index in [4.69, 9.17) is 16.3 Å². The standard InChI is InChI=1S/C21H26ClN3O/c1-23-21(25(2)15-16-7-6-10-19(22)13-16)24-14-18-11-12-26-20(18)17-8-4-3-5-9-17/h3-10,13,18,20H,11-12,14-15H2,1-2H3,(H,23,24). The molecule has 1 N–H and O–H groups in total. The van der Waals surface area contributed by atoms with Crippen LogP contribution >= 0.6 is 11.6 Å². The molecule has 138 valence electrons. The summed E-state index contributed by atoms with van der Waals surface area (Å²) in [5.74, 6) is 1.32. The third kappa shape index (κ3) is 4.77. The normalized spacial score (nSPS) is 20.2. The maximum absolute atomic E-state index is 6.08. The lowest BCUT2D eigenvalue weighted by atomic mass is 9.95. The van der Waals surface area contributed by atoms with Crippen LogP contribution in [0.2, 0.25) is 5.02 Å². The summed E-state index contributed by atoms with van der Waals surface area (Å²) in [6, 6.07) is 18.4. The van der Waals surface area contributed by atoms with E-state index in [0.29, 0.717) is 5.92 Å². The molecule has 0 amide bonds. The topological polar surface area (TPSA) is 36.9 Å². The maximum atomic E-state index is 6.08. The summed E-state index contributed by atoms with van der Waals surface area (Å²) in [6.45, 7) is 2.40. The van der Waals surface area contributed by atoms with Crippen molar-refractivity contribution in [3.63, 3.8) is 0 Å². The molecule has 2 unspecified atom stereocenters. The van der Waals surface area contributed by atoms with Crippen molar-refractivity contribution in [1.29, 1.82) is 0 Å². The van der Waals surface area contributed by atoms with Crippen LogP contribution in [0.4, 0.5) is 0 Å². The Morgan fingerprint density at radius 3 is 2.77 bits per heavy atom. The molecular weight excluding hydrogens is 346 g/mol. The lowest BCUT2D eigenvalue weighted by Gasteiger charge is -2.25. The van der Waals surface area contributed by atoms with Crippen molar-refractivity contribution in [3.05, 3.63) is 70.7 Å². The summed E-state index contributed by atoms with van der Waals surface area (Å²) >= 11 is 6.08. The Balaban J connectivity index is 1.58. The molecule has 4 nitrogen and oxygen atoms in total. The molecule has 1 heterocycles. The zero-order chi connectivity index (χ0) is 18.4. The van der Waals surface area contributed by atoms with Crippen LogP contribution in [0.1, 0.15) is 23.7 Å². The first-order chi connectivity index (χ1) is 12.7. The van der Waals surface area contributed by atoms with Crippen LogP contribution in [0.3, 0.4) is 0 Å². The summed E-state index contributed by atoms with van der Waals surface area (Å²) in [7, 11) is 3.85. The van der Waals surface area contributed by atoms with Crippen molar-refractivity contribution in [1.82, 2.24) is 10.2 Å². The predicted octanol–water partition coefficient (Wildman–Crippen LogP) is 4.13. The number of ether oxygens (including phenoxy) is 1. The van der Waals surface area contributed by atoms with Crippen LogP contribution in [-0.4, -0.2) is 38.1 Å². The molecule has 0 radical (unpaired) electrons. The molecule has 0 aromatic heterocycles. The lowest BCUT2D eigenvalue weighted by Crippen LogP contribution is -2.41. The fraction of sp³-hybridized carbons (Fsp3) is 0.381. The Labute approximate surface area is 160 Å². The van der Waals surface area contributed by atoms with Crippen LogP contribution in [0.5, 0.6) is 0 Å². The van der Waals surface area contributed by atoms with Gasteiger partial charge in [-0.15, -0.1) is 0 Å². The number of hydrogen-bond donors (Lipinski definition) is 1. The second-order valence-electron chi connectivity index (χ2n) is 6.66. The maximum Gasteiger partial charge on any atom is 0.193 e. The van der Waals surface area contributed by atoms with Gasteiger partial charge in [0, 0.05) is 44.7 Å². The van der Waals surface area contributed by atoms with Crippen LogP contribution < -0.4 is 5.32 Å². The molecule has 0 saturated carbocycles. The summed E-state index contributed by atoms with van der Waals surface area (Å²) in [5, 5.41) is 4.27. The lowest BCUT2D eigenvalue weighted by molar-refractivity contribution is 0.0914. The summed E-state index contributed by atoms with van der Waals surface area (Å²) in [4.78, 5) is 6.53. The average molecular weight is 372 g/mol. The first kappa shape index (κ1) is 18.7. The zero-order valence-corrected chi connectivity index (χ0v) is 16.1. The number of rotatable bonds is 5. The molecule has 2 atom stereocenters. The molecule has 3 rings (SSSR count). The van der Waals surface area contributed by atoms with Crippen LogP contribution in [0.25, 0.3) is 0 Å². The van der Waals surface area contributed by atoms with Gasteiger partial charge in [-0.3, -0.25) is 4.99 Å². The molecule has 26 heavy (non-hydrogen) atoms. The van der Waals surface area contributed by atoms with Gasteiger partial charge in [-0.25, -0.2) is 0 Å². The van der Waals surface area contributed by atoms with E-state index in [2.05, 4.69) is 45.5 Å². The Bertz CT molecular complexity index is 735. The average Bonchev–Trinajstić information content (AvgIpc) is 3.11. The van der Waals surface area contributed by atoms with Gasteiger partial charge in [0.1, 0.15) is 0 Å². The Hall–Kier alpha value is -2.04. The summed E-state index contributed by atoms with van der Waals surface area (Å²) < 4.78 is 5.98. The highest BCUT2D eigenvalue weighted by molar-refractivity contribution is 6.30. The molecule has 0 bridgehead atoms. The smallest absolute Gasteiger partial charge is 0.193 e. The van der Waals surface area contributed by atoms with Crippen molar-refractivity contribution in [2.24, 2.45) is 10.9 Å². The van der Waals surface area contributed by atoms with Gasteiger partial charge in [-0.05, 0) is 29.7 Å². The third-order valence-corrected chi connectivity index (χ3v) is 4.98. The number of hydrogen-bond acceptors (Lipinski definition) is 2. The SMILES string of the molecule is CN=C(NCC1CCOC1c1ccccc1)N(C)Cc1cccc(Cl)c1. The number of nitrogens with one attached hydrogen (secondary N) is 1. The minimum atomic E-state index is 0.153. The van der Waals surface area contributed by atoms with E-state index in [1.807, 2.05) is 38.4 Å². The Morgan fingerprint density at radius 1 is 1.23 bits per heavy atom. The van der Waals surface area contributed by atoms with E-state index >= 15 is 0 Å². The highest BCUT2D eigenvalue weighted by Gasteiger charge is 2.29. The minimum Gasteiger partial charge on any atom is -0.373 e. The van der Waals surface area contributed by atoms with Gasteiger partial charge in [0.2, 0.25) is 0 Å². The van der Waals surface area contributed by atoms with E-state index in [1.165, 1.54) is 5.56 Å². The summed E-state index contributed by atoms with van der Waals surface area (Å²) in [6.07, 6.45) is 1.21. The number of aliphatic imine (C=N–C) groups is 1. The predicted molar refractivity (Wildman–Crippen MR) is 108 cm³/mol. The number of halogens is 1. The van der Waals surface area contributed by atoms with Crippen molar-refractivity contribution in [3.8, 4) is 0 Å². The molecule has 2 aromatic carbocycles. The van der Waals surface area contributed by atoms with Gasteiger partial charge in [0.25, 0.3) is 0 Å². The van der Waals surface area contributed by atoms with Crippen molar-refractivity contribution in [2.45, 2.75) is 19.1 Å². The zero-order valence-electron chi connectivity index (χ0n) is 15.4. The van der Waals surface area contributed by atoms with Gasteiger partial charge < -0.3 is 15.0 Å². The number of benzene rings is 2. The molecule has 2 aromatic rings. The number of nitrogens with zero attached hydrogens (tertiary/aromatic N) is 2.